The summed E-state index contributed by atoms with van der Waals surface area (Å²) in [6, 6.07) is 23.2. The number of methoxy groups -OCH3 is 1. The molecule has 41 heavy (non-hydrogen) atoms. The van der Waals surface area contributed by atoms with Gasteiger partial charge in [0, 0.05) is 17.7 Å². The number of fused-ring (bicyclic) bond motifs is 2. The predicted molar refractivity (Wildman–Crippen MR) is 156 cm³/mol. The zero-order valence-corrected chi connectivity index (χ0v) is 23.8. The largest absolute Gasteiger partial charge is 0.495 e. The summed E-state index contributed by atoms with van der Waals surface area (Å²) in [7, 11) is -2.40. The molecular formula is C32H29N3O5S. The maximum absolute atomic E-state index is 13.7. The van der Waals surface area contributed by atoms with Crippen LogP contribution in [0.3, 0.4) is 0 Å². The Kier molecular flexibility index (Phi) is 6.75. The molecule has 0 fully saturated rings. The Morgan fingerprint density at radius 1 is 0.976 bits per heavy atom. The number of hydrogen-bond donors (Lipinski definition) is 1. The molecule has 0 atom stereocenters. The molecule has 1 amide bonds. The van der Waals surface area contributed by atoms with Crippen molar-refractivity contribution in [3.8, 4) is 22.6 Å². The summed E-state index contributed by atoms with van der Waals surface area (Å²) in [6.45, 7) is 4.82. The van der Waals surface area contributed by atoms with Crippen LogP contribution >= 0.6 is 0 Å². The Bertz CT molecular complexity index is 1910. The third kappa shape index (κ3) is 4.93. The van der Waals surface area contributed by atoms with E-state index in [1.807, 2.05) is 31.2 Å². The summed E-state index contributed by atoms with van der Waals surface area (Å²) in [5, 5.41) is 0. The van der Waals surface area contributed by atoms with Crippen molar-refractivity contribution in [1.82, 2.24) is 14.9 Å². The van der Waals surface area contributed by atoms with Gasteiger partial charge in [0.05, 0.1) is 29.6 Å². The predicted octanol–water partition coefficient (Wildman–Crippen LogP) is 5.72. The van der Waals surface area contributed by atoms with Crippen molar-refractivity contribution < 1.29 is 22.7 Å². The normalized spacial score (nSPS) is 13.4. The molecule has 0 bridgehead atoms. The molecule has 0 radical (unpaired) electrons. The van der Waals surface area contributed by atoms with Crippen LogP contribution in [-0.2, 0) is 16.4 Å². The van der Waals surface area contributed by atoms with Gasteiger partial charge in [0.1, 0.15) is 28.8 Å². The minimum atomic E-state index is -3.84. The summed E-state index contributed by atoms with van der Waals surface area (Å²) < 4.78 is 38.0. The second-order valence-electron chi connectivity index (χ2n) is 10.1. The molecule has 1 aliphatic rings. The van der Waals surface area contributed by atoms with E-state index in [0.29, 0.717) is 30.8 Å². The Hall–Kier alpha value is -4.63. The van der Waals surface area contributed by atoms with E-state index < -0.39 is 9.84 Å². The van der Waals surface area contributed by atoms with Crippen LogP contribution in [0.15, 0.2) is 88.7 Å². The lowest BCUT2D eigenvalue weighted by atomic mass is 10.0. The lowest BCUT2D eigenvalue weighted by molar-refractivity contribution is 0.0732. The number of imidazole rings is 1. The first-order valence-electron chi connectivity index (χ1n) is 13.2. The van der Waals surface area contributed by atoms with Crippen molar-refractivity contribution in [2.75, 3.05) is 20.3 Å². The lowest BCUT2D eigenvalue weighted by Gasteiger charge is -2.21. The van der Waals surface area contributed by atoms with Gasteiger partial charge in [-0.25, -0.2) is 13.4 Å². The lowest BCUT2D eigenvalue weighted by Crippen LogP contribution is -2.33. The van der Waals surface area contributed by atoms with Gasteiger partial charge in [-0.2, -0.15) is 0 Å². The quantitative estimate of drug-likeness (QED) is 0.291. The van der Waals surface area contributed by atoms with Gasteiger partial charge >= 0.3 is 0 Å². The van der Waals surface area contributed by atoms with Crippen molar-refractivity contribution >= 4 is 26.8 Å². The number of ether oxygens (including phenoxy) is 2. The molecule has 0 aliphatic carbocycles. The van der Waals surface area contributed by atoms with Crippen LogP contribution in [0.25, 0.3) is 22.2 Å². The number of aromatic amines is 1. The van der Waals surface area contributed by atoms with Gasteiger partial charge < -0.3 is 19.4 Å². The minimum Gasteiger partial charge on any atom is -0.495 e. The standard InChI is InChI=1S/C32H29N3O5S/c1-20-16-25(41(37,38)31-7-5-4-6-30(31)39-3)10-11-26(20)32(36)35-14-15-40-29-13-9-22(17-24(29)19-35)23-8-12-27-28(18-23)34-21(2)33-27/h4-13,16-18H,14-15,19H2,1-3H3,(H,33,34). The van der Waals surface area contributed by atoms with Crippen LogP contribution < -0.4 is 9.47 Å². The molecule has 1 aromatic heterocycles. The van der Waals surface area contributed by atoms with Gasteiger partial charge in [0.2, 0.25) is 9.84 Å². The van der Waals surface area contributed by atoms with Crippen LogP contribution in [-0.4, -0.2) is 49.5 Å². The number of nitrogens with one attached hydrogen (secondary N) is 1. The third-order valence-electron chi connectivity index (χ3n) is 7.36. The summed E-state index contributed by atoms with van der Waals surface area (Å²) in [4.78, 5) is 23.4. The maximum atomic E-state index is 13.7. The highest BCUT2D eigenvalue weighted by Crippen LogP contribution is 2.33. The van der Waals surface area contributed by atoms with Crippen LogP contribution in [0.5, 0.6) is 11.5 Å². The second-order valence-corrected chi connectivity index (χ2v) is 12.0. The second kappa shape index (κ2) is 10.4. The number of sulfone groups is 1. The van der Waals surface area contributed by atoms with Crippen LogP contribution in [0.4, 0.5) is 0 Å². The number of rotatable bonds is 5. The Morgan fingerprint density at radius 2 is 1.76 bits per heavy atom. The van der Waals surface area contributed by atoms with Gasteiger partial charge in [0.25, 0.3) is 5.91 Å². The van der Waals surface area contributed by atoms with E-state index >= 15 is 0 Å². The van der Waals surface area contributed by atoms with E-state index in [-0.39, 0.29) is 21.4 Å². The SMILES string of the molecule is COc1ccccc1S(=O)(=O)c1ccc(C(=O)N2CCOc3ccc(-c4ccc5nc(C)[nH]c5c4)cc3C2)c(C)c1. The number of amides is 1. The number of H-pyrrole nitrogens is 1. The van der Waals surface area contributed by atoms with E-state index in [2.05, 4.69) is 22.1 Å². The molecule has 0 spiro atoms. The molecule has 4 aromatic carbocycles. The zero-order valence-electron chi connectivity index (χ0n) is 23.0. The first kappa shape index (κ1) is 26.6. The number of carbonyl (C=O) groups excluding carboxylic acids is 1. The van der Waals surface area contributed by atoms with E-state index in [4.69, 9.17) is 9.47 Å². The van der Waals surface area contributed by atoms with E-state index in [0.717, 1.165) is 39.3 Å². The van der Waals surface area contributed by atoms with Gasteiger partial charge in [-0.1, -0.05) is 24.3 Å². The summed E-state index contributed by atoms with van der Waals surface area (Å²) in [5.41, 5.74) is 5.86. The number of aryl methyl sites for hydroxylation is 2. The van der Waals surface area contributed by atoms with Gasteiger partial charge in [-0.05, 0) is 85.1 Å². The fraction of sp³-hybridized carbons (Fsp3) is 0.188. The zero-order chi connectivity index (χ0) is 28.7. The highest BCUT2D eigenvalue weighted by molar-refractivity contribution is 7.91. The molecule has 208 valence electrons. The fourth-order valence-electron chi connectivity index (χ4n) is 5.25. The first-order chi connectivity index (χ1) is 19.7. The number of para-hydroxylation sites is 1. The van der Waals surface area contributed by atoms with Crippen molar-refractivity contribution in [1.29, 1.82) is 0 Å². The average Bonchev–Trinajstić information content (AvgIpc) is 3.22. The number of benzene rings is 4. The molecule has 0 saturated carbocycles. The smallest absolute Gasteiger partial charge is 0.254 e. The topological polar surface area (TPSA) is 102 Å². The first-order valence-corrected chi connectivity index (χ1v) is 14.7. The summed E-state index contributed by atoms with van der Waals surface area (Å²) >= 11 is 0. The van der Waals surface area contributed by atoms with Crippen molar-refractivity contribution in [3.63, 3.8) is 0 Å². The molecule has 2 heterocycles. The van der Waals surface area contributed by atoms with Crippen molar-refractivity contribution in [2.24, 2.45) is 0 Å². The molecule has 6 rings (SSSR count). The number of aromatic nitrogens is 2. The molecule has 0 saturated heterocycles. The van der Waals surface area contributed by atoms with E-state index in [9.17, 15) is 13.2 Å². The highest BCUT2D eigenvalue weighted by Gasteiger charge is 2.26. The van der Waals surface area contributed by atoms with Gasteiger partial charge in [-0.15, -0.1) is 0 Å². The number of hydrogen-bond acceptors (Lipinski definition) is 6. The molecule has 1 aliphatic heterocycles. The maximum Gasteiger partial charge on any atom is 0.254 e. The molecule has 5 aromatic rings. The average molecular weight is 568 g/mol. The van der Waals surface area contributed by atoms with Gasteiger partial charge in [-0.3, -0.25) is 4.79 Å². The van der Waals surface area contributed by atoms with Crippen LogP contribution in [0.2, 0.25) is 0 Å². The molecule has 9 heteroatoms. The summed E-state index contributed by atoms with van der Waals surface area (Å²) in [5.74, 6) is 1.70. The Labute approximate surface area is 238 Å². The van der Waals surface area contributed by atoms with Crippen LogP contribution in [0.1, 0.15) is 27.3 Å². The monoisotopic (exact) mass is 567 g/mol. The highest BCUT2D eigenvalue weighted by atomic mass is 32.2. The fourth-order valence-corrected chi connectivity index (χ4v) is 6.75. The summed E-state index contributed by atoms with van der Waals surface area (Å²) in [6.07, 6.45) is 0. The van der Waals surface area contributed by atoms with Gasteiger partial charge in [0.15, 0.2) is 0 Å². The van der Waals surface area contributed by atoms with Crippen molar-refractivity contribution in [2.45, 2.75) is 30.2 Å². The van der Waals surface area contributed by atoms with Crippen LogP contribution in [0, 0.1) is 13.8 Å². The Balaban J connectivity index is 1.28. The molecule has 0 unspecified atom stereocenters. The van der Waals surface area contributed by atoms with Crippen molar-refractivity contribution in [3.05, 3.63) is 101 Å². The minimum absolute atomic E-state index is 0.0832. The third-order valence-corrected chi connectivity index (χ3v) is 9.15. The molecule has 8 nitrogen and oxygen atoms in total. The van der Waals surface area contributed by atoms with E-state index in [1.54, 1.807) is 42.2 Å². The number of nitrogens with zero attached hydrogens (tertiary/aromatic N) is 2. The Morgan fingerprint density at radius 3 is 2.56 bits per heavy atom. The molecule has 1 N–H and O–H groups in total. The number of carbonyl (C=O) groups is 1. The van der Waals surface area contributed by atoms with E-state index in [1.165, 1.54) is 19.2 Å². The molecular weight excluding hydrogens is 538 g/mol.